The maximum atomic E-state index is 11.8. The van der Waals surface area contributed by atoms with E-state index in [-0.39, 0.29) is 5.75 Å². The first-order valence-corrected chi connectivity index (χ1v) is 8.11. The zero-order chi connectivity index (χ0) is 12.0. The number of thiophene rings is 1. The average molecular weight is 282 g/mol. The molecule has 0 bridgehead atoms. The number of hydrogen-bond acceptors (Lipinski definition) is 3. The molecule has 6 heteroatoms. The maximum Gasteiger partial charge on any atom is 0.214 e. The van der Waals surface area contributed by atoms with Crippen LogP contribution in [-0.2, 0) is 16.6 Å². The van der Waals surface area contributed by atoms with Crippen LogP contribution in [0.5, 0.6) is 0 Å². The lowest BCUT2D eigenvalue weighted by Crippen LogP contribution is -2.28. The number of alkyl halides is 1. The molecular formula is C10H16ClNO2S2. The molecule has 92 valence electrons. The van der Waals surface area contributed by atoms with Gasteiger partial charge in [-0.1, -0.05) is 6.07 Å². The maximum absolute atomic E-state index is 11.8. The summed E-state index contributed by atoms with van der Waals surface area (Å²) in [4.78, 5) is 1.06. The van der Waals surface area contributed by atoms with Gasteiger partial charge < -0.3 is 0 Å². The van der Waals surface area contributed by atoms with Crippen molar-refractivity contribution in [1.29, 1.82) is 0 Å². The van der Waals surface area contributed by atoms with Crippen LogP contribution in [0.4, 0.5) is 0 Å². The lowest BCUT2D eigenvalue weighted by Gasteiger charge is -2.15. The molecule has 0 fully saturated rings. The van der Waals surface area contributed by atoms with Gasteiger partial charge in [-0.15, -0.1) is 22.9 Å². The summed E-state index contributed by atoms with van der Waals surface area (Å²) in [5.41, 5.74) is 0. The number of rotatable bonds is 7. The molecule has 0 aromatic carbocycles. The first-order chi connectivity index (χ1) is 7.56. The molecule has 0 spiro atoms. The van der Waals surface area contributed by atoms with E-state index in [1.807, 2.05) is 17.5 Å². The van der Waals surface area contributed by atoms with Gasteiger partial charge >= 0.3 is 0 Å². The number of sulfonamides is 1. The van der Waals surface area contributed by atoms with Crippen LogP contribution in [0.2, 0.25) is 0 Å². The molecule has 1 aromatic rings. The lowest BCUT2D eigenvalue weighted by atomic mass is 10.4. The van der Waals surface area contributed by atoms with Gasteiger partial charge in [0, 0.05) is 24.3 Å². The van der Waals surface area contributed by atoms with Crippen molar-refractivity contribution in [3.8, 4) is 0 Å². The monoisotopic (exact) mass is 281 g/mol. The highest BCUT2D eigenvalue weighted by Crippen LogP contribution is 2.14. The smallest absolute Gasteiger partial charge is 0.212 e. The van der Waals surface area contributed by atoms with Gasteiger partial charge in [0.2, 0.25) is 10.0 Å². The second-order valence-corrected chi connectivity index (χ2v) is 7.15. The summed E-state index contributed by atoms with van der Waals surface area (Å²) in [6.07, 6.45) is 1.37. The van der Waals surface area contributed by atoms with Crippen LogP contribution in [0, 0.1) is 0 Å². The van der Waals surface area contributed by atoms with E-state index in [4.69, 9.17) is 11.6 Å². The molecule has 0 N–H and O–H groups in total. The third-order valence-electron chi connectivity index (χ3n) is 2.22. The van der Waals surface area contributed by atoms with Crippen molar-refractivity contribution in [2.45, 2.75) is 19.4 Å². The Morgan fingerprint density at radius 2 is 2.19 bits per heavy atom. The molecule has 0 saturated carbocycles. The fourth-order valence-electron chi connectivity index (χ4n) is 1.26. The van der Waals surface area contributed by atoms with E-state index in [2.05, 4.69) is 0 Å². The Bertz CT molecular complexity index is 389. The van der Waals surface area contributed by atoms with Gasteiger partial charge in [-0.3, -0.25) is 0 Å². The van der Waals surface area contributed by atoms with Gasteiger partial charge in [-0.2, -0.15) is 4.31 Å². The predicted octanol–water partition coefficient (Wildman–Crippen LogP) is 2.53. The zero-order valence-corrected chi connectivity index (χ0v) is 11.6. The van der Waals surface area contributed by atoms with Gasteiger partial charge in [-0.05, 0) is 24.3 Å². The van der Waals surface area contributed by atoms with Gasteiger partial charge in [-0.25, -0.2) is 8.42 Å². The van der Waals surface area contributed by atoms with Crippen molar-refractivity contribution in [3.05, 3.63) is 22.4 Å². The predicted molar refractivity (Wildman–Crippen MR) is 69.5 cm³/mol. The molecule has 0 aliphatic carbocycles. The Morgan fingerprint density at radius 3 is 2.75 bits per heavy atom. The fourth-order valence-corrected chi connectivity index (χ4v) is 3.50. The molecule has 1 rings (SSSR count). The fraction of sp³-hybridized carbons (Fsp3) is 0.600. The molecule has 0 radical (unpaired) electrons. The summed E-state index contributed by atoms with van der Waals surface area (Å²) in [5, 5.41) is 1.95. The topological polar surface area (TPSA) is 37.4 Å². The molecule has 3 nitrogen and oxygen atoms in total. The number of unbranched alkanes of at least 4 members (excludes halogenated alkanes) is 1. The summed E-state index contributed by atoms with van der Waals surface area (Å²) in [6.45, 7) is 0.459. The van der Waals surface area contributed by atoms with E-state index in [9.17, 15) is 8.42 Å². The van der Waals surface area contributed by atoms with E-state index < -0.39 is 10.0 Å². The normalized spacial score (nSPS) is 12.2. The van der Waals surface area contributed by atoms with E-state index in [0.29, 0.717) is 18.8 Å². The van der Waals surface area contributed by atoms with Gasteiger partial charge in [0.15, 0.2) is 0 Å². The SMILES string of the molecule is CN(Cc1cccs1)S(=O)(=O)CCCCCl. The van der Waals surface area contributed by atoms with Crippen LogP contribution in [0.3, 0.4) is 0 Å². The molecule has 0 aliphatic heterocycles. The Hall–Kier alpha value is -0.100. The van der Waals surface area contributed by atoms with E-state index in [0.717, 1.165) is 11.3 Å². The number of nitrogens with zero attached hydrogens (tertiary/aromatic N) is 1. The molecule has 0 saturated heterocycles. The van der Waals surface area contributed by atoms with Crippen molar-refractivity contribution < 1.29 is 8.42 Å². The van der Waals surface area contributed by atoms with Crippen LogP contribution >= 0.6 is 22.9 Å². The minimum absolute atomic E-state index is 0.182. The third kappa shape index (κ3) is 4.41. The van der Waals surface area contributed by atoms with Crippen molar-refractivity contribution in [2.75, 3.05) is 18.7 Å². The summed E-state index contributed by atoms with van der Waals surface area (Å²) in [5.74, 6) is 0.700. The second-order valence-electron chi connectivity index (χ2n) is 3.55. The van der Waals surface area contributed by atoms with Crippen molar-refractivity contribution in [1.82, 2.24) is 4.31 Å². The Labute approximate surface area is 106 Å². The molecule has 1 aromatic heterocycles. The number of hydrogen-bond donors (Lipinski definition) is 0. The molecule has 0 atom stereocenters. The van der Waals surface area contributed by atoms with Crippen molar-refractivity contribution in [2.24, 2.45) is 0 Å². The summed E-state index contributed by atoms with van der Waals surface area (Å²) in [6, 6.07) is 3.86. The van der Waals surface area contributed by atoms with Crippen LogP contribution in [0.1, 0.15) is 17.7 Å². The van der Waals surface area contributed by atoms with Crippen LogP contribution in [0.25, 0.3) is 0 Å². The highest BCUT2D eigenvalue weighted by molar-refractivity contribution is 7.89. The van der Waals surface area contributed by atoms with Gasteiger partial charge in [0.05, 0.1) is 5.75 Å². The minimum atomic E-state index is -3.13. The molecule has 0 aliphatic rings. The Kier molecular flexibility index (Phi) is 5.75. The lowest BCUT2D eigenvalue weighted by molar-refractivity contribution is 0.468. The third-order valence-corrected chi connectivity index (χ3v) is 5.23. The molecule has 0 unspecified atom stereocenters. The second kappa shape index (κ2) is 6.59. The van der Waals surface area contributed by atoms with Crippen LogP contribution in [-0.4, -0.2) is 31.4 Å². The van der Waals surface area contributed by atoms with E-state index in [1.165, 1.54) is 4.31 Å². The van der Waals surface area contributed by atoms with Crippen LogP contribution < -0.4 is 0 Å². The quantitative estimate of drug-likeness (QED) is 0.569. The largest absolute Gasteiger partial charge is 0.214 e. The van der Waals surface area contributed by atoms with E-state index in [1.54, 1.807) is 18.4 Å². The standard InChI is InChI=1S/C10H16ClNO2S2/c1-12(9-10-5-4-7-15-10)16(13,14)8-3-2-6-11/h4-5,7H,2-3,6,8-9H2,1H3. The van der Waals surface area contributed by atoms with Crippen LogP contribution in [0.15, 0.2) is 17.5 Å². The molecule has 16 heavy (non-hydrogen) atoms. The molecule has 0 amide bonds. The first-order valence-electron chi connectivity index (χ1n) is 5.08. The average Bonchev–Trinajstić information content (AvgIpc) is 2.70. The summed E-state index contributed by atoms with van der Waals surface area (Å²) < 4.78 is 25.0. The van der Waals surface area contributed by atoms with Gasteiger partial charge in [0.25, 0.3) is 0 Å². The minimum Gasteiger partial charge on any atom is -0.212 e. The molecular weight excluding hydrogens is 266 g/mol. The Balaban J connectivity index is 2.48. The number of halogens is 1. The van der Waals surface area contributed by atoms with E-state index >= 15 is 0 Å². The highest BCUT2D eigenvalue weighted by atomic mass is 35.5. The van der Waals surface area contributed by atoms with Crippen molar-refractivity contribution >= 4 is 33.0 Å². The van der Waals surface area contributed by atoms with Gasteiger partial charge in [0.1, 0.15) is 0 Å². The summed E-state index contributed by atoms with van der Waals surface area (Å²) in [7, 11) is -1.51. The highest BCUT2D eigenvalue weighted by Gasteiger charge is 2.17. The Morgan fingerprint density at radius 1 is 1.44 bits per heavy atom. The zero-order valence-electron chi connectivity index (χ0n) is 9.23. The first kappa shape index (κ1) is 14.0. The molecule has 1 heterocycles. The summed E-state index contributed by atoms with van der Waals surface area (Å²) >= 11 is 7.09. The van der Waals surface area contributed by atoms with Crippen molar-refractivity contribution in [3.63, 3.8) is 0 Å².